The van der Waals surface area contributed by atoms with E-state index >= 15 is 0 Å². The SMILES string of the molecule is Cc1cccc(N2C(=O)NC(=O)[C@@H](C=NCc3ccccc3)C2=O)c1. The zero-order valence-corrected chi connectivity index (χ0v) is 13.7. The van der Waals surface area contributed by atoms with E-state index < -0.39 is 23.8 Å². The predicted octanol–water partition coefficient (Wildman–Crippen LogP) is 2.47. The van der Waals surface area contributed by atoms with Gasteiger partial charge in [-0.2, -0.15) is 0 Å². The highest BCUT2D eigenvalue weighted by Crippen LogP contribution is 2.21. The minimum Gasteiger partial charge on any atom is -0.291 e. The van der Waals surface area contributed by atoms with Crippen LogP contribution in [0.4, 0.5) is 10.5 Å². The molecule has 1 aliphatic heterocycles. The number of carbonyl (C=O) groups excluding carboxylic acids is 3. The molecular formula is C19H17N3O3. The van der Waals surface area contributed by atoms with Gasteiger partial charge < -0.3 is 0 Å². The minimum atomic E-state index is -1.12. The van der Waals surface area contributed by atoms with Gasteiger partial charge in [0.15, 0.2) is 5.92 Å². The normalized spacial score (nSPS) is 17.9. The van der Waals surface area contributed by atoms with Crippen LogP contribution in [0.25, 0.3) is 0 Å². The van der Waals surface area contributed by atoms with Gasteiger partial charge in [0.1, 0.15) is 0 Å². The molecule has 4 amide bonds. The zero-order chi connectivity index (χ0) is 17.8. The Morgan fingerprint density at radius 2 is 1.84 bits per heavy atom. The number of hydrogen-bond acceptors (Lipinski definition) is 4. The average molecular weight is 335 g/mol. The first-order chi connectivity index (χ1) is 12.1. The largest absolute Gasteiger partial charge is 0.335 e. The van der Waals surface area contributed by atoms with E-state index in [4.69, 9.17) is 0 Å². The zero-order valence-electron chi connectivity index (χ0n) is 13.7. The van der Waals surface area contributed by atoms with Gasteiger partial charge in [0, 0.05) is 6.21 Å². The molecule has 1 saturated heterocycles. The molecule has 2 aromatic rings. The van der Waals surface area contributed by atoms with Crippen LogP contribution in [0.3, 0.4) is 0 Å². The summed E-state index contributed by atoms with van der Waals surface area (Å²) < 4.78 is 0. The molecule has 25 heavy (non-hydrogen) atoms. The first-order valence-corrected chi connectivity index (χ1v) is 7.85. The maximum absolute atomic E-state index is 12.7. The third-order valence-corrected chi connectivity index (χ3v) is 3.83. The molecule has 6 nitrogen and oxygen atoms in total. The molecule has 0 aliphatic carbocycles. The minimum absolute atomic E-state index is 0.357. The molecule has 1 N–H and O–H groups in total. The summed E-state index contributed by atoms with van der Waals surface area (Å²) in [6.45, 7) is 2.22. The van der Waals surface area contributed by atoms with E-state index in [0.717, 1.165) is 16.0 Å². The fraction of sp³-hybridized carbons (Fsp3) is 0.158. The number of anilines is 1. The lowest BCUT2D eigenvalue weighted by atomic mass is 10.1. The van der Waals surface area contributed by atoms with Crippen LogP contribution in [0.2, 0.25) is 0 Å². The van der Waals surface area contributed by atoms with Crippen molar-refractivity contribution in [3.8, 4) is 0 Å². The van der Waals surface area contributed by atoms with Crippen molar-refractivity contribution in [1.82, 2.24) is 5.32 Å². The van der Waals surface area contributed by atoms with E-state index in [-0.39, 0.29) is 0 Å². The Morgan fingerprint density at radius 1 is 1.08 bits per heavy atom. The summed E-state index contributed by atoms with van der Waals surface area (Å²) in [5.41, 5.74) is 2.30. The maximum atomic E-state index is 12.7. The second-order valence-electron chi connectivity index (χ2n) is 5.76. The van der Waals surface area contributed by atoms with Gasteiger partial charge in [0.25, 0.3) is 5.91 Å². The van der Waals surface area contributed by atoms with Crippen molar-refractivity contribution in [2.75, 3.05) is 4.90 Å². The van der Waals surface area contributed by atoms with E-state index in [1.807, 2.05) is 43.3 Å². The van der Waals surface area contributed by atoms with Crippen LogP contribution in [0, 0.1) is 12.8 Å². The number of nitrogens with zero attached hydrogens (tertiary/aromatic N) is 2. The van der Waals surface area contributed by atoms with Gasteiger partial charge in [-0.1, -0.05) is 42.5 Å². The third kappa shape index (κ3) is 3.63. The van der Waals surface area contributed by atoms with Gasteiger partial charge in [-0.25, -0.2) is 9.69 Å². The third-order valence-electron chi connectivity index (χ3n) is 3.83. The fourth-order valence-electron chi connectivity index (χ4n) is 2.58. The van der Waals surface area contributed by atoms with Crippen LogP contribution in [0.5, 0.6) is 0 Å². The lowest BCUT2D eigenvalue weighted by Gasteiger charge is -2.28. The van der Waals surface area contributed by atoms with Gasteiger partial charge in [0.05, 0.1) is 12.2 Å². The van der Waals surface area contributed by atoms with E-state index in [1.54, 1.807) is 18.2 Å². The number of aliphatic imine (C=N–C) groups is 1. The van der Waals surface area contributed by atoms with Crippen molar-refractivity contribution in [3.05, 3.63) is 65.7 Å². The number of aryl methyl sites for hydroxylation is 1. The lowest BCUT2D eigenvalue weighted by Crippen LogP contribution is -2.58. The molecule has 6 heteroatoms. The average Bonchev–Trinajstić information content (AvgIpc) is 2.58. The Morgan fingerprint density at radius 3 is 2.56 bits per heavy atom. The lowest BCUT2D eigenvalue weighted by molar-refractivity contribution is -0.131. The molecule has 0 radical (unpaired) electrons. The summed E-state index contributed by atoms with van der Waals surface area (Å²) >= 11 is 0. The summed E-state index contributed by atoms with van der Waals surface area (Å²) in [6.07, 6.45) is 1.31. The molecule has 0 aromatic heterocycles. The summed E-state index contributed by atoms with van der Waals surface area (Å²) in [5, 5.41) is 2.21. The molecule has 1 fully saturated rings. The van der Waals surface area contributed by atoms with Crippen LogP contribution in [0.15, 0.2) is 59.6 Å². The summed E-state index contributed by atoms with van der Waals surface area (Å²) in [4.78, 5) is 42.0. The van der Waals surface area contributed by atoms with Crippen molar-refractivity contribution >= 4 is 29.7 Å². The van der Waals surface area contributed by atoms with Crippen molar-refractivity contribution in [2.24, 2.45) is 10.9 Å². The number of amides is 4. The van der Waals surface area contributed by atoms with Gasteiger partial charge in [-0.15, -0.1) is 0 Å². The first kappa shape index (κ1) is 16.6. The highest BCUT2D eigenvalue weighted by molar-refractivity contribution is 6.32. The molecule has 1 heterocycles. The monoisotopic (exact) mass is 335 g/mol. The molecule has 126 valence electrons. The van der Waals surface area contributed by atoms with E-state index in [9.17, 15) is 14.4 Å². The Labute approximate surface area is 145 Å². The number of hydrogen-bond donors (Lipinski definition) is 1. The second kappa shape index (κ2) is 7.09. The van der Waals surface area contributed by atoms with Crippen LogP contribution >= 0.6 is 0 Å². The van der Waals surface area contributed by atoms with Gasteiger partial charge in [-0.3, -0.25) is 19.9 Å². The number of benzene rings is 2. The standard InChI is InChI=1S/C19H17N3O3/c1-13-6-5-9-15(10-13)22-18(24)16(17(23)21-19(22)25)12-20-11-14-7-3-2-4-8-14/h2-10,12,16H,11H2,1H3,(H,21,23,25)/t16-/m1/s1. The van der Waals surface area contributed by atoms with E-state index in [1.165, 1.54) is 6.21 Å². The van der Waals surface area contributed by atoms with Gasteiger partial charge in [-0.05, 0) is 30.2 Å². The van der Waals surface area contributed by atoms with Crippen molar-refractivity contribution < 1.29 is 14.4 Å². The number of barbiturate groups is 1. The van der Waals surface area contributed by atoms with Crippen LogP contribution in [0.1, 0.15) is 11.1 Å². The molecule has 0 bridgehead atoms. The molecule has 2 aromatic carbocycles. The first-order valence-electron chi connectivity index (χ1n) is 7.85. The molecule has 0 spiro atoms. The molecule has 1 aliphatic rings. The number of nitrogens with one attached hydrogen (secondary N) is 1. The van der Waals surface area contributed by atoms with Crippen molar-refractivity contribution in [2.45, 2.75) is 13.5 Å². The molecule has 0 saturated carbocycles. The molecule has 3 rings (SSSR count). The van der Waals surface area contributed by atoms with Crippen molar-refractivity contribution in [3.63, 3.8) is 0 Å². The van der Waals surface area contributed by atoms with Gasteiger partial charge >= 0.3 is 6.03 Å². The van der Waals surface area contributed by atoms with E-state index in [0.29, 0.717) is 12.2 Å². The van der Waals surface area contributed by atoms with Crippen molar-refractivity contribution in [1.29, 1.82) is 0 Å². The summed E-state index contributed by atoms with van der Waals surface area (Å²) in [5.74, 6) is -2.38. The van der Waals surface area contributed by atoms with Crippen LogP contribution < -0.4 is 10.2 Å². The van der Waals surface area contributed by atoms with E-state index in [2.05, 4.69) is 10.3 Å². The molecule has 0 unspecified atom stereocenters. The predicted molar refractivity (Wildman–Crippen MR) is 94.3 cm³/mol. The second-order valence-corrected chi connectivity index (χ2v) is 5.76. The fourth-order valence-corrected chi connectivity index (χ4v) is 2.58. The molecule has 1 atom stereocenters. The summed E-state index contributed by atoms with van der Waals surface area (Å²) in [7, 11) is 0. The Balaban J connectivity index is 1.80. The number of imide groups is 2. The highest BCUT2D eigenvalue weighted by atomic mass is 16.2. The Kier molecular flexibility index (Phi) is 4.70. The number of rotatable bonds is 4. The van der Waals surface area contributed by atoms with Gasteiger partial charge in [0.2, 0.25) is 5.91 Å². The Bertz CT molecular complexity index is 846. The topological polar surface area (TPSA) is 78.8 Å². The van der Waals surface area contributed by atoms with Crippen LogP contribution in [-0.4, -0.2) is 24.1 Å². The Hall–Kier alpha value is -3.28. The highest BCUT2D eigenvalue weighted by Gasteiger charge is 2.40. The molecular weight excluding hydrogens is 318 g/mol. The van der Waals surface area contributed by atoms with Crippen LogP contribution in [-0.2, 0) is 16.1 Å². The number of urea groups is 1. The smallest absolute Gasteiger partial charge is 0.291 e. The quantitative estimate of drug-likeness (QED) is 0.688. The number of carbonyl (C=O) groups is 3. The summed E-state index contributed by atoms with van der Waals surface area (Å²) in [6, 6.07) is 15.7. The maximum Gasteiger partial charge on any atom is 0.335 e.